The molecule has 128 valence electrons. The molecule has 2 aliphatic rings. The van der Waals surface area contributed by atoms with Crippen molar-refractivity contribution in [1.29, 1.82) is 0 Å². The summed E-state index contributed by atoms with van der Waals surface area (Å²) in [5, 5.41) is 0.398. The van der Waals surface area contributed by atoms with Crippen LogP contribution in [0.2, 0.25) is 0 Å². The Kier molecular flexibility index (Phi) is 4.06. The van der Waals surface area contributed by atoms with Gasteiger partial charge in [-0.2, -0.15) is 0 Å². The summed E-state index contributed by atoms with van der Waals surface area (Å²) in [6.07, 6.45) is 2.46. The van der Waals surface area contributed by atoms with Crippen molar-refractivity contribution >= 4 is 16.7 Å². The largest absolute Gasteiger partial charge is 0.493 e. The highest BCUT2D eigenvalue weighted by Crippen LogP contribution is 2.56. The topological polar surface area (TPSA) is 9.23 Å². The molecule has 0 spiro atoms. The summed E-state index contributed by atoms with van der Waals surface area (Å²) in [6, 6.07) is 30.2. The minimum Gasteiger partial charge on any atom is -0.493 e. The highest BCUT2D eigenvalue weighted by atomic mass is 32.2. The number of benzene rings is 3. The standard InChI is InChI=1S/C24H20OS/c1-3-9-17(10-4-1)23-15-20-19-13-7-8-14-22(19)25-16-21(20)24(26-23)18-11-5-2-6-12-18/h1-15,20-21,24H,16H2. The molecule has 5 rings (SSSR count). The van der Waals surface area contributed by atoms with Crippen LogP contribution in [0.5, 0.6) is 5.75 Å². The lowest BCUT2D eigenvalue weighted by Gasteiger charge is -2.40. The molecule has 0 bridgehead atoms. The highest BCUT2D eigenvalue weighted by Gasteiger charge is 2.40. The quantitative estimate of drug-likeness (QED) is 0.532. The van der Waals surface area contributed by atoms with Gasteiger partial charge in [0.25, 0.3) is 0 Å². The highest BCUT2D eigenvalue weighted by molar-refractivity contribution is 8.08. The lowest BCUT2D eigenvalue weighted by atomic mass is 9.79. The molecular formula is C24H20OS. The molecular weight excluding hydrogens is 336 g/mol. The van der Waals surface area contributed by atoms with Crippen LogP contribution in [-0.2, 0) is 0 Å². The predicted octanol–water partition coefficient (Wildman–Crippen LogP) is 6.31. The Morgan fingerprint density at radius 3 is 2.27 bits per heavy atom. The molecule has 0 aromatic heterocycles. The van der Waals surface area contributed by atoms with E-state index in [1.807, 2.05) is 11.8 Å². The van der Waals surface area contributed by atoms with Gasteiger partial charge in [-0.15, -0.1) is 11.8 Å². The van der Waals surface area contributed by atoms with E-state index in [-0.39, 0.29) is 0 Å². The van der Waals surface area contributed by atoms with E-state index in [1.54, 1.807) is 0 Å². The Labute approximate surface area is 158 Å². The number of hydrogen-bond donors (Lipinski definition) is 0. The summed E-state index contributed by atoms with van der Waals surface area (Å²) < 4.78 is 6.14. The summed E-state index contributed by atoms with van der Waals surface area (Å²) in [4.78, 5) is 1.37. The van der Waals surface area contributed by atoms with Gasteiger partial charge in [-0.05, 0) is 17.2 Å². The summed E-state index contributed by atoms with van der Waals surface area (Å²) in [7, 11) is 0. The molecule has 0 amide bonds. The van der Waals surface area contributed by atoms with Crippen molar-refractivity contribution in [2.24, 2.45) is 5.92 Å². The van der Waals surface area contributed by atoms with Gasteiger partial charge in [0.15, 0.2) is 0 Å². The molecule has 2 heterocycles. The molecule has 2 heteroatoms. The average molecular weight is 356 g/mol. The molecule has 3 unspecified atom stereocenters. The fraction of sp³-hybridized carbons (Fsp3) is 0.167. The van der Waals surface area contributed by atoms with Crippen LogP contribution >= 0.6 is 11.8 Å². The molecule has 3 atom stereocenters. The van der Waals surface area contributed by atoms with Crippen LogP contribution in [0.4, 0.5) is 0 Å². The Bertz CT molecular complexity index is 933. The third-order valence-corrected chi connectivity index (χ3v) is 6.83. The Hall–Kier alpha value is -2.45. The van der Waals surface area contributed by atoms with Crippen molar-refractivity contribution in [2.45, 2.75) is 11.2 Å². The number of thioether (sulfide) groups is 1. The molecule has 26 heavy (non-hydrogen) atoms. The van der Waals surface area contributed by atoms with Crippen LogP contribution in [0.3, 0.4) is 0 Å². The monoisotopic (exact) mass is 356 g/mol. The SMILES string of the molecule is C1=C(c2ccccc2)SC(c2ccccc2)C2COc3ccccc3C12. The van der Waals surface area contributed by atoms with Crippen LogP contribution in [0.1, 0.15) is 27.9 Å². The van der Waals surface area contributed by atoms with Gasteiger partial charge in [-0.3, -0.25) is 0 Å². The lowest BCUT2D eigenvalue weighted by molar-refractivity contribution is 0.204. The zero-order chi connectivity index (χ0) is 17.3. The Morgan fingerprint density at radius 2 is 1.46 bits per heavy atom. The fourth-order valence-electron chi connectivity index (χ4n) is 4.05. The molecule has 0 fully saturated rings. The first-order valence-electron chi connectivity index (χ1n) is 9.11. The number of para-hydroxylation sites is 1. The van der Waals surface area contributed by atoms with E-state index in [0.29, 0.717) is 17.1 Å². The van der Waals surface area contributed by atoms with Gasteiger partial charge in [-0.1, -0.05) is 84.9 Å². The van der Waals surface area contributed by atoms with Gasteiger partial charge in [0, 0.05) is 27.6 Å². The third kappa shape index (κ3) is 2.75. The predicted molar refractivity (Wildman–Crippen MR) is 109 cm³/mol. The minimum absolute atomic E-state index is 0.390. The van der Waals surface area contributed by atoms with Gasteiger partial charge in [0.2, 0.25) is 0 Å². The molecule has 0 N–H and O–H groups in total. The molecule has 0 radical (unpaired) electrons. The van der Waals surface area contributed by atoms with Gasteiger partial charge in [0.05, 0.1) is 6.61 Å². The van der Waals surface area contributed by atoms with Crippen LogP contribution in [0, 0.1) is 5.92 Å². The number of hydrogen-bond acceptors (Lipinski definition) is 2. The van der Waals surface area contributed by atoms with Crippen molar-refractivity contribution in [3.63, 3.8) is 0 Å². The number of fused-ring (bicyclic) bond motifs is 3. The summed E-state index contributed by atoms with van der Waals surface area (Å²) in [5.74, 6) is 1.88. The maximum atomic E-state index is 6.14. The first-order valence-corrected chi connectivity index (χ1v) is 9.99. The van der Waals surface area contributed by atoms with E-state index in [9.17, 15) is 0 Å². The number of rotatable bonds is 2. The zero-order valence-electron chi connectivity index (χ0n) is 14.4. The second-order valence-corrected chi connectivity index (χ2v) is 8.07. The minimum atomic E-state index is 0.390. The summed E-state index contributed by atoms with van der Waals surface area (Å²) >= 11 is 1.98. The van der Waals surface area contributed by atoms with E-state index in [0.717, 1.165) is 12.4 Å². The fourth-order valence-corrected chi connectivity index (χ4v) is 5.53. The van der Waals surface area contributed by atoms with Crippen molar-refractivity contribution in [3.8, 4) is 5.75 Å². The molecule has 3 aromatic rings. The Morgan fingerprint density at radius 1 is 0.769 bits per heavy atom. The maximum Gasteiger partial charge on any atom is 0.123 e. The van der Waals surface area contributed by atoms with Crippen LogP contribution in [0.25, 0.3) is 4.91 Å². The van der Waals surface area contributed by atoms with E-state index in [4.69, 9.17) is 4.74 Å². The molecule has 1 nitrogen and oxygen atoms in total. The molecule has 0 saturated carbocycles. The van der Waals surface area contributed by atoms with Gasteiger partial charge < -0.3 is 4.74 Å². The smallest absolute Gasteiger partial charge is 0.123 e. The van der Waals surface area contributed by atoms with Crippen LogP contribution in [0.15, 0.2) is 91.0 Å². The number of ether oxygens (including phenoxy) is 1. The lowest BCUT2D eigenvalue weighted by Crippen LogP contribution is -2.31. The van der Waals surface area contributed by atoms with Crippen LogP contribution in [-0.4, -0.2) is 6.61 Å². The van der Waals surface area contributed by atoms with Gasteiger partial charge >= 0.3 is 0 Å². The summed E-state index contributed by atoms with van der Waals surface area (Å²) in [6.45, 7) is 0.771. The average Bonchev–Trinajstić information content (AvgIpc) is 2.74. The van der Waals surface area contributed by atoms with Crippen LogP contribution < -0.4 is 4.74 Å². The first-order chi connectivity index (χ1) is 12.9. The van der Waals surface area contributed by atoms with Gasteiger partial charge in [-0.25, -0.2) is 0 Å². The van der Waals surface area contributed by atoms with E-state index < -0.39 is 0 Å². The van der Waals surface area contributed by atoms with Crippen molar-refractivity contribution in [3.05, 3.63) is 108 Å². The maximum absolute atomic E-state index is 6.14. The van der Waals surface area contributed by atoms with Crippen molar-refractivity contribution in [1.82, 2.24) is 0 Å². The van der Waals surface area contributed by atoms with E-state index >= 15 is 0 Å². The van der Waals surface area contributed by atoms with Crippen molar-refractivity contribution < 1.29 is 4.74 Å². The first kappa shape index (κ1) is 15.8. The van der Waals surface area contributed by atoms with E-state index in [2.05, 4.69) is 91.0 Å². The van der Waals surface area contributed by atoms with E-state index in [1.165, 1.54) is 21.6 Å². The zero-order valence-corrected chi connectivity index (χ0v) is 15.2. The van der Waals surface area contributed by atoms with Gasteiger partial charge in [0.1, 0.15) is 5.75 Å². The normalized spacial score (nSPS) is 24.0. The van der Waals surface area contributed by atoms with Crippen molar-refractivity contribution in [2.75, 3.05) is 6.61 Å². The number of allylic oxidation sites excluding steroid dienone is 1. The molecule has 0 saturated heterocycles. The molecule has 3 aromatic carbocycles. The third-order valence-electron chi connectivity index (χ3n) is 5.33. The summed E-state index contributed by atoms with van der Waals surface area (Å²) in [5.41, 5.74) is 4.01. The second-order valence-electron chi connectivity index (χ2n) is 6.88. The molecule has 0 aliphatic carbocycles. The Balaban J connectivity index is 1.64. The second kappa shape index (κ2) is 6.69. The molecule has 2 aliphatic heterocycles.